The molecule has 1 aliphatic rings. The molecule has 8 heteroatoms. The summed E-state index contributed by atoms with van der Waals surface area (Å²) >= 11 is 1.40. The smallest absolute Gasteiger partial charge is 0.257 e. The second-order valence-electron chi connectivity index (χ2n) is 8.93. The molecule has 184 valence electrons. The average molecular weight is 493 g/mol. The van der Waals surface area contributed by atoms with Crippen LogP contribution in [-0.4, -0.2) is 40.7 Å². The normalized spacial score (nSPS) is 17.7. The first kappa shape index (κ1) is 25.0. The summed E-state index contributed by atoms with van der Waals surface area (Å²) in [4.78, 5) is 30.1. The fourth-order valence-corrected chi connectivity index (χ4v) is 5.45. The fraction of sp³-hybridized carbons (Fsp3) is 0.407. The highest BCUT2D eigenvalue weighted by atomic mass is 32.1. The molecule has 4 rings (SSSR count). The van der Waals surface area contributed by atoms with Gasteiger partial charge < -0.3 is 0 Å². The van der Waals surface area contributed by atoms with Crippen molar-refractivity contribution in [2.75, 3.05) is 19.0 Å². The molecule has 0 atom stereocenters. The number of nitrogens with zero attached hydrogens (tertiary/aromatic N) is 3. The Morgan fingerprint density at radius 1 is 1.03 bits per heavy atom. The highest BCUT2D eigenvalue weighted by Crippen LogP contribution is 2.37. The van der Waals surface area contributed by atoms with Crippen molar-refractivity contribution in [1.82, 2.24) is 15.3 Å². The molecule has 2 aromatic carbocycles. The first-order valence-corrected chi connectivity index (χ1v) is 13.0. The van der Waals surface area contributed by atoms with Crippen molar-refractivity contribution in [3.05, 3.63) is 76.3 Å². The molecule has 2 amide bonds. The molecular formula is C27H32N4O3S. The van der Waals surface area contributed by atoms with Gasteiger partial charge in [-0.15, -0.1) is 10.2 Å². The van der Waals surface area contributed by atoms with E-state index >= 15 is 0 Å². The van der Waals surface area contributed by atoms with Gasteiger partial charge in [-0.2, -0.15) is 0 Å². The molecule has 1 aliphatic carbocycles. The van der Waals surface area contributed by atoms with Crippen LogP contribution in [0.1, 0.15) is 71.4 Å². The minimum Gasteiger partial charge on any atom is -0.296 e. The van der Waals surface area contributed by atoms with Gasteiger partial charge in [0.1, 0.15) is 5.01 Å². The van der Waals surface area contributed by atoms with Crippen LogP contribution in [0.25, 0.3) is 0 Å². The molecule has 1 saturated carbocycles. The van der Waals surface area contributed by atoms with E-state index in [1.54, 1.807) is 7.11 Å². The first-order valence-electron chi connectivity index (χ1n) is 12.2. The average Bonchev–Trinajstić information content (AvgIpc) is 3.32. The van der Waals surface area contributed by atoms with Gasteiger partial charge in [0.15, 0.2) is 0 Å². The van der Waals surface area contributed by atoms with Gasteiger partial charge in [0.25, 0.3) is 5.91 Å². The quantitative estimate of drug-likeness (QED) is 0.401. The third kappa shape index (κ3) is 6.74. The number of carbonyl (C=O) groups excluding carboxylic acids is 2. The zero-order chi connectivity index (χ0) is 24.6. The number of anilines is 1. The van der Waals surface area contributed by atoms with Crippen LogP contribution in [0.2, 0.25) is 0 Å². The molecule has 35 heavy (non-hydrogen) atoms. The number of hydrogen-bond acceptors (Lipinski definition) is 6. The number of aromatic nitrogens is 2. The first-order chi connectivity index (χ1) is 17.1. The highest BCUT2D eigenvalue weighted by Gasteiger charge is 2.26. The molecule has 0 spiro atoms. The molecule has 0 aliphatic heterocycles. The SMILES string of the molecule is CCN(OC)C(=O)CC1CCC(c2ccc(C(=O)Nc3nnc(Cc4ccccc4)s3)cc2)CC1. The molecule has 3 aromatic rings. The molecule has 1 heterocycles. The van der Waals surface area contributed by atoms with Crippen LogP contribution in [0.15, 0.2) is 54.6 Å². The molecule has 0 unspecified atom stereocenters. The van der Waals surface area contributed by atoms with Crippen LogP contribution >= 0.6 is 11.3 Å². The second-order valence-corrected chi connectivity index (χ2v) is 9.99. The highest BCUT2D eigenvalue weighted by molar-refractivity contribution is 7.15. The topological polar surface area (TPSA) is 84.4 Å². The Morgan fingerprint density at radius 3 is 2.40 bits per heavy atom. The number of nitrogens with one attached hydrogen (secondary N) is 1. The minimum atomic E-state index is -0.181. The summed E-state index contributed by atoms with van der Waals surface area (Å²) in [6.45, 7) is 2.48. The number of hydroxylamine groups is 2. The summed E-state index contributed by atoms with van der Waals surface area (Å²) in [5.41, 5.74) is 3.02. The number of amides is 2. The Balaban J connectivity index is 1.27. The van der Waals surface area contributed by atoms with Crippen molar-refractivity contribution < 1.29 is 14.4 Å². The van der Waals surface area contributed by atoms with Crippen molar-refractivity contribution in [1.29, 1.82) is 0 Å². The number of hydrogen-bond donors (Lipinski definition) is 1. The van der Waals surface area contributed by atoms with Gasteiger partial charge in [0, 0.05) is 24.9 Å². The van der Waals surface area contributed by atoms with E-state index in [4.69, 9.17) is 4.84 Å². The Morgan fingerprint density at radius 2 is 1.74 bits per heavy atom. The summed E-state index contributed by atoms with van der Waals surface area (Å²) in [5.74, 6) is 0.759. The van der Waals surface area contributed by atoms with Gasteiger partial charge >= 0.3 is 0 Å². The largest absolute Gasteiger partial charge is 0.296 e. The third-order valence-corrected chi connectivity index (χ3v) is 7.46. The van der Waals surface area contributed by atoms with E-state index in [-0.39, 0.29) is 11.8 Å². The molecule has 1 aromatic heterocycles. The van der Waals surface area contributed by atoms with Crippen LogP contribution in [0.5, 0.6) is 0 Å². The summed E-state index contributed by atoms with van der Waals surface area (Å²) in [7, 11) is 1.54. The van der Waals surface area contributed by atoms with Crippen molar-refractivity contribution >= 4 is 28.3 Å². The number of rotatable bonds is 9. The molecular weight excluding hydrogens is 460 g/mol. The Bertz CT molecular complexity index is 1100. The lowest BCUT2D eigenvalue weighted by molar-refractivity contribution is -0.176. The van der Waals surface area contributed by atoms with Crippen molar-refractivity contribution in [3.8, 4) is 0 Å². The van der Waals surface area contributed by atoms with Crippen LogP contribution in [-0.2, 0) is 16.1 Å². The molecule has 0 saturated heterocycles. The Kier molecular flexibility index (Phi) is 8.60. The van der Waals surface area contributed by atoms with E-state index in [2.05, 4.69) is 39.8 Å². The molecule has 1 N–H and O–H groups in total. The van der Waals surface area contributed by atoms with Gasteiger partial charge in [-0.25, -0.2) is 5.06 Å². The van der Waals surface area contributed by atoms with E-state index in [1.807, 2.05) is 37.3 Å². The zero-order valence-electron chi connectivity index (χ0n) is 20.3. The minimum absolute atomic E-state index is 0.0661. The van der Waals surface area contributed by atoms with E-state index in [0.29, 0.717) is 41.9 Å². The lowest BCUT2D eigenvalue weighted by Gasteiger charge is -2.29. The summed E-state index contributed by atoms with van der Waals surface area (Å²) in [6, 6.07) is 17.9. The summed E-state index contributed by atoms with van der Waals surface area (Å²) < 4.78 is 0. The van der Waals surface area contributed by atoms with E-state index in [9.17, 15) is 9.59 Å². The molecule has 1 fully saturated rings. The molecule has 0 bridgehead atoms. The number of benzene rings is 2. The van der Waals surface area contributed by atoms with Crippen LogP contribution in [0.3, 0.4) is 0 Å². The predicted octanol–water partition coefficient (Wildman–Crippen LogP) is 5.46. The standard InChI is InChI=1S/C27H32N4O3S/c1-3-31(34-2)25(32)18-20-9-11-21(12-10-20)22-13-15-23(16-14-22)26(33)28-27-30-29-24(35-27)17-19-7-5-4-6-8-19/h4-8,13-16,20-21H,3,9-12,17-18H2,1-2H3,(H,28,30,33). The fourth-order valence-electron chi connectivity index (χ4n) is 4.68. The number of carbonyl (C=O) groups is 2. The van der Waals surface area contributed by atoms with Crippen molar-refractivity contribution in [2.24, 2.45) is 5.92 Å². The summed E-state index contributed by atoms with van der Waals surface area (Å²) in [6.07, 6.45) is 5.41. The van der Waals surface area contributed by atoms with Gasteiger partial charge in [0.2, 0.25) is 11.0 Å². The lowest BCUT2D eigenvalue weighted by atomic mass is 9.77. The predicted molar refractivity (Wildman–Crippen MR) is 137 cm³/mol. The van der Waals surface area contributed by atoms with Crippen molar-refractivity contribution in [2.45, 2.75) is 51.4 Å². The zero-order valence-corrected chi connectivity index (χ0v) is 21.1. The van der Waals surface area contributed by atoms with Gasteiger partial charge in [-0.1, -0.05) is 53.8 Å². The maximum atomic E-state index is 12.7. The summed E-state index contributed by atoms with van der Waals surface area (Å²) in [5, 5.41) is 14.0. The Labute approximate surface area is 210 Å². The third-order valence-electron chi connectivity index (χ3n) is 6.63. The van der Waals surface area contributed by atoms with Crippen LogP contribution < -0.4 is 5.32 Å². The maximum absolute atomic E-state index is 12.7. The second kappa shape index (κ2) is 12.0. The molecule has 7 nitrogen and oxygen atoms in total. The maximum Gasteiger partial charge on any atom is 0.257 e. The van der Waals surface area contributed by atoms with Gasteiger partial charge in [0.05, 0.1) is 7.11 Å². The van der Waals surface area contributed by atoms with Crippen molar-refractivity contribution in [3.63, 3.8) is 0 Å². The lowest BCUT2D eigenvalue weighted by Crippen LogP contribution is -2.31. The van der Waals surface area contributed by atoms with Gasteiger partial charge in [-0.3, -0.25) is 19.7 Å². The van der Waals surface area contributed by atoms with Crippen LogP contribution in [0.4, 0.5) is 5.13 Å². The van der Waals surface area contributed by atoms with E-state index in [0.717, 1.165) is 36.3 Å². The van der Waals surface area contributed by atoms with E-state index < -0.39 is 0 Å². The Hall–Kier alpha value is -3.10. The molecule has 0 radical (unpaired) electrons. The monoisotopic (exact) mass is 492 g/mol. The van der Waals surface area contributed by atoms with Gasteiger partial charge in [-0.05, 0) is 67.7 Å². The van der Waals surface area contributed by atoms with Crippen LogP contribution in [0, 0.1) is 5.92 Å². The van der Waals surface area contributed by atoms with E-state index in [1.165, 1.54) is 22.0 Å².